The van der Waals surface area contributed by atoms with Gasteiger partial charge >= 0.3 is 0 Å². The van der Waals surface area contributed by atoms with Crippen molar-refractivity contribution in [2.45, 2.75) is 77.0 Å². The average Bonchev–Trinajstić information content (AvgIpc) is 2.62. The van der Waals surface area contributed by atoms with Crippen molar-refractivity contribution in [3.63, 3.8) is 0 Å². The number of nitrogens with zero attached hydrogens (tertiary/aromatic N) is 4. The van der Waals surface area contributed by atoms with Crippen LogP contribution in [0.15, 0.2) is 0 Å². The van der Waals surface area contributed by atoms with Crippen molar-refractivity contribution in [2.24, 2.45) is 0 Å². The summed E-state index contributed by atoms with van der Waals surface area (Å²) in [5, 5.41) is 0. The molecule has 0 N–H and O–H groups in total. The van der Waals surface area contributed by atoms with E-state index in [2.05, 4.69) is 70.5 Å². The SMILES string of the molecule is C[N+](C)(C)CCCCCC[N+](C)(C)CCCCCC[N+](C)(C)CCCCCC[N+](C)(C)C.[Br-].[Br-].[Br-].[Br-]. The molecule has 0 saturated heterocycles. The highest BCUT2D eigenvalue weighted by Gasteiger charge is 2.16. The Hall–Kier alpha value is 1.76. The zero-order valence-corrected chi connectivity index (χ0v) is 32.4. The van der Waals surface area contributed by atoms with E-state index in [9.17, 15) is 0 Å². The Kier molecular flexibility index (Phi) is 32.4. The Morgan fingerprint density at radius 2 is 0.417 bits per heavy atom. The highest BCUT2D eigenvalue weighted by molar-refractivity contribution is 4.48. The molecule has 0 radical (unpaired) electrons. The maximum absolute atomic E-state index is 2.44. The van der Waals surface area contributed by atoms with Crippen molar-refractivity contribution >= 4 is 0 Å². The zero-order chi connectivity index (χ0) is 24.7. The van der Waals surface area contributed by atoms with Gasteiger partial charge in [0.2, 0.25) is 0 Å². The maximum atomic E-state index is 2.44. The van der Waals surface area contributed by atoms with Gasteiger partial charge < -0.3 is 85.9 Å². The molecule has 0 saturated carbocycles. The molecule has 0 fully saturated rings. The first-order valence-corrected chi connectivity index (χ1v) is 13.9. The van der Waals surface area contributed by atoms with Crippen molar-refractivity contribution in [3.8, 4) is 0 Å². The van der Waals surface area contributed by atoms with Gasteiger partial charge in [-0.3, -0.25) is 0 Å². The third kappa shape index (κ3) is 35.8. The van der Waals surface area contributed by atoms with Gasteiger partial charge in [0.15, 0.2) is 0 Å². The average molecular weight is 778 g/mol. The van der Waals surface area contributed by atoms with E-state index in [4.69, 9.17) is 0 Å². The first-order valence-electron chi connectivity index (χ1n) is 13.9. The summed E-state index contributed by atoms with van der Waals surface area (Å²) < 4.78 is 4.64. The van der Waals surface area contributed by atoms with Gasteiger partial charge in [-0.1, -0.05) is 0 Å². The number of halogens is 4. The van der Waals surface area contributed by atoms with Gasteiger partial charge in [0.1, 0.15) is 0 Å². The quantitative estimate of drug-likeness (QED) is 0.0805. The van der Waals surface area contributed by atoms with Crippen molar-refractivity contribution in [1.82, 2.24) is 0 Å². The third-order valence-electron chi connectivity index (χ3n) is 6.96. The lowest BCUT2D eigenvalue weighted by Crippen LogP contribution is -3.00. The van der Waals surface area contributed by atoms with E-state index in [1.807, 2.05) is 0 Å². The van der Waals surface area contributed by atoms with Crippen molar-refractivity contribution < 1.29 is 85.9 Å². The van der Waals surface area contributed by atoms with Crippen LogP contribution in [-0.4, -0.2) is 128 Å². The topological polar surface area (TPSA) is 0 Å². The monoisotopic (exact) mass is 774 g/mol. The Morgan fingerprint density at radius 3 is 0.583 bits per heavy atom. The minimum Gasteiger partial charge on any atom is -1.00 e. The van der Waals surface area contributed by atoms with Gasteiger partial charge in [0, 0.05) is 0 Å². The molecule has 0 aliphatic rings. The summed E-state index contributed by atoms with van der Waals surface area (Å²) in [7, 11) is 23.6. The van der Waals surface area contributed by atoms with Gasteiger partial charge in [-0.25, -0.2) is 0 Å². The number of hydrogen-bond donors (Lipinski definition) is 0. The molecule has 0 aromatic heterocycles. The molecule has 226 valence electrons. The second kappa shape index (κ2) is 24.5. The molecular weight excluding hydrogens is 712 g/mol. The van der Waals surface area contributed by atoms with E-state index < -0.39 is 0 Å². The molecule has 0 heterocycles. The van der Waals surface area contributed by atoms with Crippen LogP contribution in [0.1, 0.15) is 77.0 Å². The number of quaternary nitrogens is 4. The molecule has 0 bridgehead atoms. The summed E-state index contributed by atoms with van der Waals surface area (Å²) in [5.41, 5.74) is 0. The fraction of sp³-hybridized carbons (Fsp3) is 1.00. The molecule has 8 heteroatoms. The highest BCUT2D eigenvalue weighted by atomic mass is 79.9. The van der Waals surface area contributed by atoms with Gasteiger partial charge in [0.05, 0.1) is 110 Å². The van der Waals surface area contributed by atoms with Crippen LogP contribution in [-0.2, 0) is 0 Å². The van der Waals surface area contributed by atoms with E-state index in [1.165, 1.54) is 125 Å². The second-order valence-corrected chi connectivity index (χ2v) is 14.0. The molecule has 0 spiro atoms. The molecule has 0 atom stereocenters. The van der Waals surface area contributed by atoms with Crippen molar-refractivity contribution in [1.29, 1.82) is 0 Å². The summed E-state index contributed by atoms with van der Waals surface area (Å²) >= 11 is 0. The van der Waals surface area contributed by atoms with E-state index in [0.717, 1.165) is 8.97 Å². The van der Waals surface area contributed by atoms with E-state index in [0.29, 0.717) is 0 Å². The molecule has 0 unspecified atom stereocenters. The normalized spacial score (nSPS) is 12.2. The molecule has 0 rings (SSSR count). The predicted molar refractivity (Wildman–Crippen MR) is 145 cm³/mol. The van der Waals surface area contributed by atoms with Gasteiger partial charge in [-0.05, 0) is 77.0 Å². The summed E-state index contributed by atoms with van der Waals surface area (Å²) in [5.74, 6) is 0. The number of hydrogen-bond acceptors (Lipinski definition) is 0. The molecule has 0 aromatic carbocycles. The molecular formula is C28H66Br4N4. The van der Waals surface area contributed by atoms with Crippen LogP contribution in [0, 0.1) is 0 Å². The molecule has 0 aliphatic carbocycles. The lowest BCUT2D eigenvalue weighted by molar-refractivity contribution is -0.891. The van der Waals surface area contributed by atoms with Gasteiger partial charge in [-0.15, -0.1) is 0 Å². The highest BCUT2D eigenvalue weighted by Crippen LogP contribution is 2.12. The van der Waals surface area contributed by atoms with Crippen LogP contribution in [0.2, 0.25) is 0 Å². The first kappa shape index (κ1) is 47.5. The lowest BCUT2D eigenvalue weighted by atomic mass is 10.1. The van der Waals surface area contributed by atoms with Crippen molar-refractivity contribution in [2.75, 3.05) is 110 Å². The van der Waals surface area contributed by atoms with Crippen LogP contribution >= 0.6 is 0 Å². The largest absolute Gasteiger partial charge is 1.00 e. The second-order valence-electron chi connectivity index (χ2n) is 14.0. The molecule has 36 heavy (non-hydrogen) atoms. The van der Waals surface area contributed by atoms with Crippen LogP contribution in [0.5, 0.6) is 0 Å². The third-order valence-corrected chi connectivity index (χ3v) is 6.96. The minimum atomic E-state index is 0. The van der Waals surface area contributed by atoms with Gasteiger partial charge in [-0.2, -0.15) is 0 Å². The van der Waals surface area contributed by atoms with E-state index >= 15 is 0 Å². The molecule has 0 amide bonds. The summed E-state index contributed by atoms with van der Waals surface area (Å²) in [6, 6.07) is 0. The standard InChI is InChI=1S/C28H66N4.4BrH/c1-29(2,3)23-17-11-13-19-25-31(7,8)27-21-15-16-22-28-32(9,10)26-20-14-12-18-24-30(4,5)6;;;;/h11-28H2,1-10H3;4*1H/q+4;;;;/p-4. The number of rotatable bonds is 21. The maximum Gasteiger partial charge on any atom is 0.0782 e. The zero-order valence-electron chi connectivity index (χ0n) is 26.0. The Balaban J connectivity index is -0.000000801. The fourth-order valence-corrected chi connectivity index (χ4v) is 4.62. The van der Waals surface area contributed by atoms with Crippen LogP contribution in [0.25, 0.3) is 0 Å². The van der Waals surface area contributed by atoms with Crippen LogP contribution < -0.4 is 67.9 Å². The Bertz CT molecular complexity index is 419. The van der Waals surface area contributed by atoms with E-state index in [1.54, 1.807) is 0 Å². The Labute approximate surface area is 271 Å². The Morgan fingerprint density at radius 1 is 0.250 bits per heavy atom. The van der Waals surface area contributed by atoms with E-state index in [-0.39, 0.29) is 67.9 Å². The summed E-state index contributed by atoms with van der Waals surface area (Å²) in [6.45, 7) is 8.02. The predicted octanol–water partition coefficient (Wildman–Crippen LogP) is -6.75. The van der Waals surface area contributed by atoms with Gasteiger partial charge in [0.25, 0.3) is 0 Å². The lowest BCUT2D eigenvalue weighted by Gasteiger charge is -2.31. The summed E-state index contributed by atoms with van der Waals surface area (Å²) in [4.78, 5) is 0. The number of unbranched alkanes of at least 4 members (excludes halogenated alkanes) is 9. The van der Waals surface area contributed by atoms with Crippen LogP contribution in [0.3, 0.4) is 0 Å². The van der Waals surface area contributed by atoms with Crippen LogP contribution in [0.4, 0.5) is 0 Å². The minimum absolute atomic E-state index is 0. The van der Waals surface area contributed by atoms with Crippen molar-refractivity contribution in [3.05, 3.63) is 0 Å². The molecule has 4 nitrogen and oxygen atoms in total. The molecule has 0 aromatic rings. The molecule has 0 aliphatic heterocycles. The fourth-order valence-electron chi connectivity index (χ4n) is 4.62. The first-order chi connectivity index (χ1) is 14.6. The summed E-state index contributed by atoms with van der Waals surface area (Å²) in [6.07, 6.45) is 16.8. The smallest absolute Gasteiger partial charge is 0.0782 e.